The Morgan fingerprint density at radius 3 is 1.79 bits per heavy atom. The Morgan fingerprint density at radius 1 is 0.724 bits per heavy atom. The van der Waals surface area contributed by atoms with E-state index in [9.17, 15) is 18.0 Å². The van der Waals surface area contributed by atoms with Crippen LogP contribution in [0.2, 0.25) is 0 Å². The van der Waals surface area contributed by atoms with Crippen LogP contribution in [0.4, 0.5) is 13.2 Å². The highest BCUT2D eigenvalue weighted by atomic mass is 19.4. The van der Waals surface area contributed by atoms with Gasteiger partial charge in [-0.25, -0.2) is 0 Å². The van der Waals surface area contributed by atoms with Gasteiger partial charge in [0, 0.05) is 17.4 Å². The van der Waals surface area contributed by atoms with E-state index < -0.39 is 17.5 Å². The number of hydrogen-bond acceptors (Lipinski definition) is 1. The number of aromatic nitrogens is 1. The van der Waals surface area contributed by atoms with Gasteiger partial charge in [-0.3, -0.25) is 4.79 Å². The third-order valence-electron chi connectivity index (χ3n) is 4.66. The van der Waals surface area contributed by atoms with Crippen molar-refractivity contribution in [3.05, 3.63) is 114 Å². The lowest BCUT2D eigenvalue weighted by Crippen LogP contribution is -2.12. The summed E-state index contributed by atoms with van der Waals surface area (Å²) in [5.74, 6) is -0.661. The summed E-state index contributed by atoms with van der Waals surface area (Å²) in [5.41, 5.74) is 0.210. The van der Waals surface area contributed by atoms with Crippen LogP contribution in [0.1, 0.15) is 21.5 Å². The number of rotatable bonds is 4. The van der Waals surface area contributed by atoms with Crippen molar-refractivity contribution in [3.8, 4) is 16.9 Å². The second kappa shape index (κ2) is 7.43. The Kier molecular flexibility index (Phi) is 4.80. The molecule has 0 N–H and O–H groups in total. The maximum atomic E-state index is 14.0. The van der Waals surface area contributed by atoms with Crippen LogP contribution < -0.4 is 0 Å². The zero-order valence-electron chi connectivity index (χ0n) is 15.2. The van der Waals surface area contributed by atoms with Crippen molar-refractivity contribution in [2.24, 2.45) is 0 Å². The monoisotopic (exact) mass is 391 g/mol. The molecule has 0 saturated carbocycles. The molecule has 2 nitrogen and oxygen atoms in total. The molecular weight excluding hydrogens is 375 g/mol. The molecule has 0 amide bonds. The third kappa shape index (κ3) is 3.59. The van der Waals surface area contributed by atoms with Crippen LogP contribution in [0, 0.1) is 0 Å². The Labute approximate surface area is 165 Å². The van der Waals surface area contributed by atoms with Crippen molar-refractivity contribution < 1.29 is 18.0 Å². The van der Waals surface area contributed by atoms with Crippen LogP contribution in [-0.2, 0) is 6.18 Å². The molecule has 0 aliphatic heterocycles. The number of carbonyl (C=O) groups is 1. The van der Waals surface area contributed by atoms with Gasteiger partial charge in [-0.15, -0.1) is 0 Å². The van der Waals surface area contributed by atoms with E-state index in [0.29, 0.717) is 11.3 Å². The molecule has 4 rings (SSSR count). The van der Waals surface area contributed by atoms with Gasteiger partial charge >= 0.3 is 6.18 Å². The van der Waals surface area contributed by atoms with Crippen LogP contribution in [0.3, 0.4) is 0 Å². The van der Waals surface area contributed by atoms with Crippen LogP contribution in [0.15, 0.2) is 97.2 Å². The summed E-state index contributed by atoms with van der Waals surface area (Å²) in [4.78, 5) is 13.2. The molecule has 5 heteroatoms. The number of ketones is 1. The Bertz CT molecular complexity index is 1130. The molecule has 0 fully saturated rings. The van der Waals surface area contributed by atoms with E-state index in [1.54, 1.807) is 78.9 Å². The van der Waals surface area contributed by atoms with E-state index in [2.05, 4.69) is 0 Å². The summed E-state index contributed by atoms with van der Waals surface area (Å²) >= 11 is 0. The van der Waals surface area contributed by atoms with Crippen LogP contribution >= 0.6 is 0 Å². The number of benzene rings is 3. The van der Waals surface area contributed by atoms with Gasteiger partial charge < -0.3 is 4.57 Å². The first kappa shape index (κ1) is 18.7. The second-order valence-corrected chi connectivity index (χ2v) is 6.53. The molecule has 0 atom stereocenters. The zero-order valence-corrected chi connectivity index (χ0v) is 15.2. The fourth-order valence-electron chi connectivity index (χ4n) is 3.36. The first-order valence-corrected chi connectivity index (χ1v) is 9.00. The molecule has 3 aromatic carbocycles. The van der Waals surface area contributed by atoms with Crippen molar-refractivity contribution >= 4 is 5.78 Å². The standard InChI is InChI=1S/C24H16F3NO/c25-24(26,27)20-16-28(19-14-8-3-9-15-19)22(17-10-4-1-5-11-17)21(20)23(29)18-12-6-2-7-13-18/h1-16H. The molecule has 0 saturated heterocycles. The minimum absolute atomic E-state index is 0.209. The van der Waals surface area contributed by atoms with E-state index in [0.717, 1.165) is 6.20 Å². The Morgan fingerprint density at radius 2 is 1.24 bits per heavy atom. The lowest BCUT2D eigenvalue weighted by Gasteiger charge is -2.12. The van der Waals surface area contributed by atoms with E-state index in [1.165, 1.54) is 16.7 Å². The summed E-state index contributed by atoms with van der Waals surface area (Å²) in [6, 6.07) is 25.4. The fraction of sp³-hybridized carbons (Fsp3) is 0.0417. The van der Waals surface area contributed by atoms with Crippen LogP contribution in [0.5, 0.6) is 0 Å². The lowest BCUT2D eigenvalue weighted by molar-refractivity contribution is -0.137. The molecule has 1 heterocycles. The van der Waals surface area contributed by atoms with Crippen molar-refractivity contribution in [3.63, 3.8) is 0 Å². The number of carbonyl (C=O) groups excluding carboxylic acids is 1. The van der Waals surface area contributed by atoms with Gasteiger partial charge in [-0.05, 0) is 17.7 Å². The summed E-state index contributed by atoms with van der Waals surface area (Å²) in [6.07, 6.45) is -3.67. The summed E-state index contributed by atoms with van der Waals surface area (Å²) < 4.78 is 43.4. The molecule has 0 radical (unpaired) electrons. The predicted octanol–water partition coefficient (Wildman–Crippen LogP) is 6.39. The normalized spacial score (nSPS) is 11.4. The third-order valence-corrected chi connectivity index (χ3v) is 4.66. The Balaban J connectivity index is 2.07. The summed E-state index contributed by atoms with van der Waals surface area (Å²) in [5, 5.41) is 0. The van der Waals surface area contributed by atoms with E-state index in [-0.39, 0.29) is 16.8 Å². The highest BCUT2D eigenvalue weighted by molar-refractivity contribution is 6.14. The summed E-state index contributed by atoms with van der Waals surface area (Å²) in [6.45, 7) is 0. The number of para-hydroxylation sites is 1. The van der Waals surface area contributed by atoms with Gasteiger partial charge in [-0.2, -0.15) is 13.2 Å². The average Bonchev–Trinajstić information content (AvgIpc) is 3.16. The first-order valence-electron chi connectivity index (χ1n) is 9.00. The molecule has 144 valence electrons. The molecule has 1 aromatic heterocycles. The smallest absolute Gasteiger partial charge is 0.315 e. The number of nitrogens with zero attached hydrogens (tertiary/aromatic N) is 1. The van der Waals surface area contributed by atoms with E-state index in [4.69, 9.17) is 0 Å². The van der Waals surface area contributed by atoms with Crippen molar-refractivity contribution in [2.45, 2.75) is 6.18 Å². The van der Waals surface area contributed by atoms with Gasteiger partial charge in [0.15, 0.2) is 5.78 Å². The molecule has 0 bridgehead atoms. The molecule has 0 aliphatic rings. The summed E-state index contributed by atoms with van der Waals surface area (Å²) in [7, 11) is 0. The second-order valence-electron chi connectivity index (χ2n) is 6.53. The van der Waals surface area contributed by atoms with Crippen molar-refractivity contribution in [2.75, 3.05) is 0 Å². The molecule has 29 heavy (non-hydrogen) atoms. The molecule has 0 aliphatic carbocycles. The number of alkyl halides is 3. The van der Waals surface area contributed by atoms with Crippen molar-refractivity contribution in [1.82, 2.24) is 4.57 Å². The maximum absolute atomic E-state index is 14.0. The first-order chi connectivity index (χ1) is 14.0. The minimum atomic E-state index is -4.68. The fourth-order valence-corrected chi connectivity index (χ4v) is 3.36. The molecule has 0 unspecified atom stereocenters. The van der Waals surface area contributed by atoms with E-state index in [1.807, 2.05) is 0 Å². The molecular formula is C24H16F3NO. The van der Waals surface area contributed by atoms with Gasteiger partial charge in [0.1, 0.15) is 0 Å². The molecule has 4 aromatic rings. The van der Waals surface area contributed by atoms with Crippen LogP contribution in [0.25, 0.3) is 16.9 Å². The van der Waals surface area contributed by atoms with Crippen molar-refractivity contribution in [1.29, 1.82) is 0 Å². The van der Waals surface area contributed by atoms with E-state index >= 15 is 0 Å². The topological polar surface area (TPSA) is 22.0 Å². The highest BCUT2D eigenvalue weighted by Crippen LogP contribution is 2.40. The lowest BCUT2D eigenvalue weighted by atomic mass is 9.96. The SMILES string of the molecule is O=C(c1ccccc1)c1c(C(F)(F)F)cn(-c2ccccc2)c1-c1ccccc1. The van der Waals surface area contributed by atoms with Crippen LogP contribution in [-0.4, -0.2) is 10.4 Å². The highest BCUT2D eigenvalue weighted by Gasteiger charge is 2.40. The maximum Gasteiger partial charge on any atom is 0.418 e. The quantitative estimate of drug-likeness (QED) is 0.369. The number of hydrogen-bond donors (Lipinski definition) is 0. The van der Waals surface area contributed by atoms with Gasteiger partial charge in [-0.1, -0.05) is 78.9 Å². The van der Waals surface area contributed by atoms with Gasteiger partial charge in [0.05, 0.1) is 16.8 Å². The number of halogens is 3. The zero-order chi connectivity index (χ0) is 20.4. The molecule has 0 spiro atoms. The predicted molar refractivity (Wildman–Crippen MR) is 106 cm³/mol. The van der Waals surface area contributed by atoms with Gasteiger partial charge in [0.2, 0.25) is 0 Å². The van der Waals surface area contributed by atoms with Gasteiger partial charge in [0.25, 0.3) is 0 Å². The Hall–Kier alpha value is -3.60. The largest absolute Gasteiger partial charge is 0.418 e. The minimum Gasteiger partial charge on any atom is -0.315 e. The average molecular weight is 391 g/mol.